The van der Waals surface area contributed by atoms with Gasteiger partial charge in [-0.2, -0.15) is 5.10 Å². The van der Waals surface area contributed by atoms with Crippen molar-refractivity contribution in [3.8, 4) is 0 Å². The van der Waals surface area contributed by atoms with Crippen LogP contribution in [0.25, 0.3) is 0 Å². The second-order valence-electron chi connectivity index (χ2n) is 6.10. The molecule has 28 heavy (non-hydrogen) atoms. The molecule has 1 atom stereocenters. The molecule has 0 radical (unpaired) electrons. The number of aromatic nitrogens is 2. The van der Waals surface area contributed by atoms with Gasteiger partial charge in [0.05, 0.1) is 24.5 Å². The largest absolute Gasteiger partial charge is 0.356 e. The standard InChI is InChI=1S/C19H16F4N4S/c1-11(12-5-3-2-4-6-12)25-19(28)26-13-8-24-27(9-13)10-14-15(20)7-16(21)18(23)17(14)22/h2-9,11H,10H2,1H3,(H2,25,26,28). The lowest BCUT2D eigenvalue weighted by Crippen LogP contribution is -2.30. The Morgan fingerprint density at radius 1 is 1.11 bits per heavy atom. The van der Waals surface area contributed by atoms with Gasteiger partial charge in [-0.05, 0) is 24.7 Å². The molecular weight excluding hydrogens is 392 g/mol. The third-order valence-electron chi connectivity index (χ3n) is 4.07. The van der Waals surface area contributed by atoms with Gasteiger partial charge in [-0.15, -0.1) is 0 Å². The van der Waals surface area contributed by atoms with Crippen molar-refractivity contribution in [2.75, 3.05) is 5.32 Å². The predicted octanol–water partition coefficient (Wildman–Crippen LogP) is 4.54. The molecule has 4 nitrogen and oxygen atoms in total. The molecule has 2 N–H and O–H groups in total. The molecule has 0 amide bonds. The lowest BCUT2D eigenvalue weighted by molar-refractivity contribution is 0.420. The zero-order chi connectivity index (χ0) is 20.3. The smallest absolute Gasteiger partial charge is 0.194 e. The van der Waals surface area contributed by atoms with Crippen LogP contribution >= 0.6 is 12.2 Å². The van der Waals surface area contributed by atoms with Crippen LogP contribution in [0, 0.1) is 23.3 Å². The molecule has 0 aliphatic heterocycles. The van der Waals surface area contributed by atoms with Gasteiger partial charge < -0.3 is 10.6 Å². The first-order valence-electron chi connectivity index (χ1n) is 8.32. The summed E-state index contributed by atoms with van der Waals surface area (Å²) in [5.41, 5.74) is 0.903. The summed E-state index contributed by atoms with van der Waals surface area (Å²) < 4.78 is 55.1. The van der Waals surface area contributed by atoms with Gasteiger partial charge in [0.15, 0.2) is 22.6 Å². The van der Waals surface area contributed by atoms with E-state index in [9.17, 15) is 17.6 Å². The number of halogens is 4. The lowest BCUT2D eigenvalue weighted by atomic mass is 10.1. The van der Waals surface area contributed by atoms with Gasteiger partial charge in [0.25, 0.3) is 0 Å². The van der Waals surface area contributed by atoms with Crippen molar-refractivity contribution >= 4 is 23.0 Å². The van der Waals surface area contributed by atoms with Gasteiger partial charge in [0, 0.05) is 17.8 Å². The SMILES string of the molecule is CC(NC(=S)Nc1cnn(Cc2c(F)cc(F)c(F)c2F)c1)c1ccccc1. The van der Waals surface area contributed by atoms with E-state index in [0.717, 1.165) is 5.56 Å². The number of anilines is 1. The molecule has 0 aliphatic carbocycles. The van der Waals surface area contributed by atoms with Gasteiger partial charge >= 0.3 is 0 Å². The van der Waals surface area contributed by atoms with Gasteiger partial charge in [0.1, 0.15) is 5.82 Å². The first kappa shape index (κ1) is 19.8. The van der Waals surface area contributed by atoms with Crippen molar-refractivity contribution in [2.24, 2.45) is 0 Å². The molecule has 3 aromatic rings. The second-order valence-corrected chi connectivity index (χ2v) is 6.51. The van der Waals surface area contributed by atoms with E-state index in [-0.39, 0.29) is 6.04 Å². The van der Waals surface area contributed by atoms with Gasteiger partial charge in [-0.3, -0.25) is 4.68 Å². The van der Waals surface area contributed by atoms with Crippen molar-refractivity contribution < 1.29 is 17.6 Å². The van der Waals surface area contributed by atoms with Gasteiger partial charge in [-0.1, -0.05) is 30.3 Å². The van der Waals surface area contributed by atoms with Crippen LogP contribution in [-0.2, 0) is 6.54 Å². The number of rotatable bonds is 5. The van der Waals surface area contributed by atoms with E-state index in [0.29, 0.717) is 16.9 Å². The fraction of sp³-hybridized carbons (Fsp3) is 0.158. The topological polar surface area (TPSA) is 41.9 Å². The third kappa shape index (κ3) is 4.48. The van der Waals surface area contributed by atoms with E-state index in [4.69, 9.17) is 12.2 Å². The molecule has 0 fully saturated rings. The van der Waals surface area contributed by atoms with Gasteiger partial charge in [0.2, 0.25) is 0 Å². The van der Waals surface area contributed by atoms with Crippen molar-refractivity contribution in [2.45, 2.75) is 19.5 Å². The molecule has 0 aliphatic rings. The summed E-state index contributed by atoms with van der Waals surface area (Å²) >= 11 is 5.25. The summed E-state index contributed by atoms with van der Waals surface area (Å²) in [7, 11) is 0. The number of nitrogens with one attached hydrogen (secondary N) is 2. The monoisotopic (exact) mass is 408 g/mol. The maximum absolute atomic E-state index is 13.8. The van der Waals surface area contributed by atoms with Crippen molar-refractivity contribution in [3.63, 3.8) is 0 Å². The molecule has 0 saturated carbocycles. The van der Waals surface area contributed by atoms with Crippen LogP contribution in [0.5, 0.6) is 0 Å². The molecule has 0 bridgehead atoms. The van der Waals surface area contributed by atoms with E-state index in [2.05, 4.69) is 15.7 Å². The maximum Gasteiger partial charge on any atom is 0.194 e. The van der Waals surface area contributed by atoms with E-state index in [1.165, 1.54) is 17.1 Å². The zero-order valence-corrected chi connectivity index (χ0v) is 15.5. The molecule has 1 heterocycles. The number of hydrogen-bond donors (Lipinski definition) is 2. The third-order valence-corrected chi connectivity index (χ3v) is 4.29. The van der Waals surface area contributed by atoms with E-state index in [1.807, 2.05) is 37.3 Å². The Morgan fingerprint density at radius 3 is 2.54 bits per heavy atom. The second kappa shape index (κ2) is 8.39. The molecule has 3 rings (SSSR count). The van der Waals surface area contributed by atoms with Crippen molar-refractivity contribution in [3.05, 3.63) is 83.2 Å². The highest BCUT2D eigenvalue weighted by Crippen LogP contribution is 2.20. The van der Waals surface area contributed by atoms with Crippen molar-refractivity contribution in [1.29, 1.82) is 0 Å². The maximum atomic E-state index is 13.8. The van der Waals surface area contributed by atoms with Crippen LogP contribution in [0.15, 0.2) is 48.8 Å². The van der Waals surface area contributed by atoms with Crippen LogP contribution in [0.2, 0.25) is 0 Å². The Bertz CT molecular complexity index is 991. The van der Waals surface area contributed by atoms with Crippen molar-refractivity contribution in [1.82, 2.24) is 15.1 Å². The minimum Gasteiger partial charge on any atom is -0.356 e. The molecule has 1 aromatic heterocycles. The molecular formula is C19H16F4N4S. The molecule has 1 unspecified atom stereocenters. The Labute approximate surface area is 164 Å². The fourth-order valence-electron chi connectivity index (χ4n) is 2.61. The summed E-state index contributed by atoms with van der Waals surface area (Å²) in [6, 6.07) is 9.95. The van der Waals surface area contributed by atoms with Crippen LogP contribution in [0.4, 0.5) is 23.2 Å². The Morgan fingerprint density at radius 2 is 1.82 bits per heavy atom. The number of benzene rings is 2. The lowest BCUT2D eigenvalue weighted by Gasteiger charge is -2.16. The molecule has 0 spiro atoms. The number of thiocarbonyl (C=S) groups is 1. The average molecular weight is 408 g/mol. The summed E-state index contributed by atoms with van der Waals surface area (Å²) in [4.78, 5) is 0. The predicted molar refractivity (Wildman–Crippen MR) is 102 cm³/mol. The normalized spacial score (nSPS) is 11.9. The Kier molecular flexibility index (Phi) is 5.93. The highest BCUT2D eigenvalue weighted by atomic mass is 32.1. The quantitative estimate of drug-likeness (QED) is 0.282. The van der Waals surface area contributed by atoms with Crippen LogP contribution < -0.4 is 10.6 Å². The number of hydrogen-bond acceptors (Lipinski definition) is 2. The summed E-state index contributed by atoms with van der Waals surface area (Å²) in [5, 5.41) is 10.3. The highest BCUT2D eigenvalue weighted by molar-refractivity contribution is 7.80. The van der Waals surface area contributed by atoms with Crippen LogP contribution in [0.3, 0.4) is 0 Å². The van der Waals surface area contributed by atoms with Crippen LogP contribution in [0.1, 0.15) is 24.1 Å². The number of nitrogens with zero attached hydrogens (tertiary/aromatic N) is 2. The summed E-state index contributed by atoms with van der Waals surface area (Å²) in [5.74, 6) is -6.06. The zero-order valence-electron chi connectivity index (χ0n) is 14.7. The van der Waals surface area contributed by atoms with Crippen LogP contribution in [-0.4, -0.2) is 14.9 Å². The summed E-state index contributed by atoms with van der Waals surface area (Å²) in [6.45, 7) is 1.54. The fourth-order valence-corrected chi connectivity index (χ4v) is 2.91. The molecule has 9 heteroatoms. The molecule has 2 aromatic carbocycles. The first-order valence-corrected chi connectivity index (χ1v) is 8.72. The summed E-state index contributed by atoms with van der Waals surface area (Å²) in [6.07, 6.45) is 2.85. The minimum atomic E-state index is -1.72. The van der Waals surface area contributed by atoms with Gasteiger partial charge in [-0.25, -0.2) is 17.6 Å². The highest BCUT2D eigenvalue weighted by Gasteiger charge is 2.19. The van der Waals surface area contributed by atoms with E-state index < -0.39 is 35.4 Å². The molecule has 0 saturated heterocycles. The molecule has 146 valence electrons. The van der Waals surface area contributed by atoms with E-state index >= 15 is 0 Å². The Balaban J connectivity index is 1.65. The minimum absolute atomic E-state index is 0.0402. The average Bonchev–Trinajstić information content (AvgIpc) is 3.11. The first-order chi connectivity index (χ1) is 13.3. The Hall–Kier alpha value is -2.94. The van der Waals surface area contributed by atoms with E-state index in [1.54, 1.807) is 0 Å².